The summed E-state index contributed by atoms with van der Waals surface area (Å²) in [5, 5.41) is 2.92. The number of carbonyl (C=O) groups excluding carboxylic acids is 1. The molecule has 8 heteroatoms. The number of hydrogen-bond donors (Lipinski definition) is 2. The molecular formula is C16H28N6O2. The predicted molar refractivity (Wildman–Crippen MR) is 92.8 cm³/mol. The molecule has 24 heavy (non-hydrogen) atoms. The maximum atomic E-state index is 11.7. The highest BCUT2D eigenvalue weighted by atomic mass is 16.5. The summed E-state index contributed by atoms with van der Waals surface area (Å²) >= 11 is 0. The molecule has 0 radical (unpaired) electrons. The first-order chi connectivity index (χ1) is 11.7. The van der Waals surface area contributed by atoms with Crippen LogP contribution < -0.4 is 16.0 Å². The lowest BCUT2D eigenvalue weighted by atomic mass is 10.2. The number of amides is 1. The quantitative estimate of drug-likeness (QED) is 0.585. The Morgan fingerprint density at radius 2 is 2.04 bits per heavy atom. The van der Waals surface area contributed by atoms with Crippen LogP contribution in [0, 0.1) is 0 Å². The van der Waals surface area contributed by atoms with Gasteiger partial charge in [0.2, 0.25) is 11.9 Å². The summed E-state index contributed by atoms with van der Waals surface area (Å²) < 4.78 is 5.11. The second-order valence-corrected chi connectivity index (χ2v) is 5.88. The van der Waals surface area contributed by atoms with E-state index >= 15 is 0 Å². The van der Waals surface area contributed by atoms with E-state index in [1.165, 1.54) is 0 Å². The number of carbonyl (C=O) groups is 1. The van der Waals surface area contributed by atoms with Crippen LogP contribution >= 0.6 is 0 Å². The van der Waals surface area contributed by atoms with E-state index in [2.05, 4.69) is 25.1 Å². The lowest BCUT2D eigenvalue weighted by Gasteiger charge is -2.34. The zero-order chi connectivity index (χ0) is 17.2. The van der Waals surface area contributed by atoms with Gasteiger partial charge in [-0.05, 0) is 19.0 Å². The van der Waals surface area contributed by atoms with Crippen LogP contribution in [0.5, 0.6) is 0 Å². The molecule has 0 aliphatic carbocycles. The molecule has 1 unspecified atom stereocenters. The van der Waals surface area contributed by atoms with Crippen LogP contribution in [0.15, 0.2) is 18.5 Å². The second-order valence-electron chi connectivity index (χ2n) is 5.88. The summed E-state index contributed by atoms with van der Waals surface area (Å²) in [6.07, 6.45) is 4.61. The zero-order valence-corrected chi connectivity index (χ0v) is 14.4. The molecule has 1 amide bonds. The monoisotopic (exact) mass is 336 g/mol. The molecule has 1 fully saturated rings. The highest BCUT2D eigenvalue weighted by molar-refractivity contribution is 5.76. The van der Waals surface area contributed by atoms with Gasteiger partial charge in [-0.15, -0.1) is 0 Å². The van der Waals surface area contributed by atoms with Crippen molar-refractivity contribution < 1.29 is 9.53 Å². The average molecular weight is 336 g/mol. The van der Waals surface area contributed by atoms with Crippen LogP contribution in [0.4, 0.5) is 5.95 Å². The van der Waals surface area contributed by atoms with Crippen molar-refractivity contribution in [3.8, 4) is 0 Å². The molecule has 1 atom stereocenters. The van der Waals surface area contributed by atoms with E-state index < -0.39 is 0 Å². The van der Waals surface area contributed by atoms with Crippen molar-refractivity contribution in [2.45, 2.75) is 18.9 Å². The fraction of sp³-hybridized carbons (Fsp3) is 0.688. The molecule has 1 aromatic rings. The Kier molecular flexibility index (Phi) is 7.87. The van der Waals surface area contributed by atoms with Crippen LogP contribution in [0.2, 0.25) is 0 Å². The number of methoxy groups -OCH3 is 1. The second kappa shape index (κ2) is 10.2. The van der Waals surface area contributed by atoms with Crippen molar-refractivity contribution >= 4 is 11.9 Å². The first kappa shape index (κ1) is 18.6. The maximum Gasteiger partial charge on any atom is 0.225 e. The van der Waals surface area contributed by atoms with Gasteiger partial charge in [-0.3, -0.25) is 9.69 Å². The Balaban J connectivity index is 1.57. The van der Waals surface area contributed by atoms with E-state index in [9.17, 15) is 4.79 Å². The van der Waals surface area contributed by atoms with Gasteiger partial charge in [-0.2, -0.15) is 0 Å². The minimum Gasteiger partial charge on any atom is -0.380 e. The van der Waals surface area contributed by atoms with Crippen LogP contribution in [-0.2, 0) is 9.53 Å². The summed E-state index contributed by atoms with van der Waals surface area (Å²) in [6, 6.07) is 1.83. The number of nitrogens with two attached hydrogens (primary N) is 1. The molecule has 0 spiro atoms. The van der Waals surface area contributed by atoms with E-state index in [4.69, 9.17) is 10.5 Å². The smallest absolute Gasteiger partial charge is 0.225 e. The summed E-state index contributed by atoms with van der Waals surface area (Å²) in [5.74, 6) is 0.801. The Hall–Kier alpha value is -1.77. The molecule has 1 saturated heterocycles. The number of hydrogen-bond acceptors (Lipinski definition) is 7. The highest BCUT2D eigenvalue weighted by Gasteiger charge is 2.18. The van der Waals surface area contributed by atoms with Crippen molar-refractivity contribution in [3.05, 3.63) is 18.5 Å². The van der Waals surface area contributed by atoms with Crippen molar-refractivity contribution in [2.24, 2.45) is 5.73 Å². The topological polar surface area (TPSA) is 96.6 Å². The molecular weight excluding hydrogens is 308 g/mol. The predicted octanol–water partition coefficient (Wildman–Crippen LogP) is -0.531. The number of rotatable bonds is 9. The van der Waals surface area contributed by atoms with E-state index in [1.807, 2.05) is 6.07 Å². The minimum atomic E-state index is -0.196. The van der Waals surface area contributed by atoms with Gasteiger partial charge in [0.1, 0.15) is 0 Å². The van der Waals surface area contributed by atoms with E-state index in [0.29, 0.717) is 19.5 Å². The van der Waals surface area contributed by atoms with Gasteiger partial charge in [0.05, 0.1) is 12.5 Å². The Bertz CT molecular complexity index is 475. The zero-order valence-electron chi connectivity index (χ0n) is 14.4. The summed E-state index contributed by atoms with van der Waals surface area (Å²) in [7, 11) is 1.57. The SMILES string of the molecule is COC(CN)CC(=O)NCCCN1CCN(c2ncccn2)CC1. The molecule has 2 rings (SSSR count). The molecule has 8 nitrogen and oxygen atoms in total. The fourth-order valence-electron chi connectivity index (χ4n) is 2.70. The van der Waals surface area contributed by atoms with Crippen LogP contribution in [0.3, 0.4) is 0 Å². The number of piperazine rings is 1. The molecule has 1 aromatic heterocycles. The van der Waals surface area contributed by atoms with Gasteiger partial charge in [-0.1, -0.05) is 0 Å². The van der Waals surface area contributed by atoms with E-state index in [1.54, 1.807) is 19.5 Å². The van der Waals surface area contributed by atoms with Gasteiger partial charge < -0.3 is 20.7 Å². The summed E-state index contributed by atoms with van der Waals surface area (Å²) in [5.41, 5.74) is 5.51. The summed E-state index contributed by atoms with van der Waals surface area (Å²) in [4.78, 5) is 24.9. The lowest BCUT2D eigenvalue weighted by molar-refractivity contribution is -0.123. The van der Waals surface area contributed by atoms with Gasteiger partial charge in [0, 0.05) is 58.8 Å². The normalized spacial score (nSPS) is 16.8. The molecule has 3 N–H and O–H groups in total. The number of anilines is 1. The van der Waals surface area contributed by atoms with Crippen LogP contribution in [0.1, 0.15) is 12.8 Å². The fourth-order valence-corrected chi connectivity index (χ4v) is 2.70. The number of nitrogens with zero attached hydrogens (tertiary/aromatic N) is 4. The molecule has 2 heterocycles. The van der Waals surface area contributed by atoms with Gasteiger partial charge in [0.15, 0.2) is 0 Å². The van der Waals surface area contributed by atoms with Gasteiger partial charge >= 0.3 is 0 Å². The molecule has 134 valence electrons. The molecule has 1 aliphatic heterocycles. The lowest BCUT2D eigenvalue weighted by Crippen LogP contribution is -2.47. The van der Waals surface area contributed by atoms with E-state index in [0.717, 1.165) is 45.1 Å². The van der Waals surface area contributed by atoms with Gasteiger partial charge in [-0.25, -0.2) is 9.97 Å². The molecule has 0 aromatic carbocycles. The third-order valence-corrected chi connectivity index (χ3v) is 4.19. The molecule has 0 saturated carbocycles. The first-order valence-corrected chi connectivity index (χ1v) is 8.46. The third kappa shape index (κ3) is 6.03. The molecule has 0 bridgehead atoms. The van der Waals surface area contributed by atoms with E-state index in [-0.39, 0.29) is 12.0 Å². The minimum absolute atomic E-state index is 0.00153. The Morgan fingerprint density at radius 1 is 1.33 bits per heavy atom. The van der Waals surface area contributed by atoms with Crippen molar-refractivity contribution in [1.82, 2.24) is 20.2 Å². The third-order valence-electron chi connectivity index (χ3n) is 4.19. The van der Waals surface area contributed by atoms with Crippen LogP contribution in [-0.4, -0.2) is 79.8 Å². The van der Waals surface area contributed by atoms with Gasteiger partial charge in [0.25, 0.3) is 0 Å². The summed E-state index contributed by atoms with van der Waals surface area (Å²) in [6.45, 7) is 5.87. The number of nitrogens with one attached hydrogen (secondary N) is 1. The van der Waals surface area contributed by atoms with Crippen molar-refractivity contribution in [3.63, 3.8) is 0 Å². The highest BCUT2D eigenvalue weighted by Crippen LogP contribution is 2.09. The largest absolute Gasteiger partial charge is 0.380 e. The van der Waals surface area contributed by atoms with Crippen molar-refractivity contribution in [2.75, 3.05) is 57.8 Å². The average Bonchev–Trinajstić information content (AvgIpc) is 2.64. The Morgan fingerprint density at radius 3 is 2.67 bits per heavy atom. The Labute approximate surface area is 143 Å². The standard InChI is InChI=1S/C16H28N6O2/c1-24-14(13-17)12-15(23)18-6-3-7-21-8-10-22(11-9-21)16-19-4-2-5-20-16/h2,4-5,14H,3,6-13,17H2,1H3,(H,18,23). The number of ether oxygens (including phenoxy) is 1. The maximum absolute atomic E-state index is 11.7. The number of aromatic nitrogens is 2. The van der Waals surface area contributed by atoms with Crippen LogP contribution in [0.25, 0.3) is 0 Å². The van der Waals surface area contributed by atoms with Crippen molar-refractivity contribution in [1.29, 1.82) is 0 Å². The molecule has 1 aliphatic rings. The first-order valence-electron chi connectivity index (χ1n) is 8.46.